The summed E-state index contributed by atoms with van der Waals surface area (Å²) in [5.41, 5.74) is 8.17. The Balaban J connectivity index is 2.22. The molecule has 1 atom stereocenters. The van der Waals surface area contributed by atoms with E-state index in [1.165, 1.54) is 12.8 Å². The van der Waals surface area contributed by atoms with Crippen molar-refractivity contribution in [3.05, 3.63) is 28.2 Å². The minimum Gasteiger partial charge on any atom is -0.395 e. The Hall–Kier alpha value is -0.580. The van der Waals surface area contributed by atoms with Gasteiger partial charge in [-0.3, -0.25) is 0 Å². The summed E-state index contributed by atoms with van der Waals surface area (Å²) in [5.74, 6) is 0. The molecule has 0 radical (unpaired) electrons. The molecule has 1 aromatic carbocycles. The number of hydrogen-bond acceptors (Lipinski definition) is 3. The fourth-order valence-electron chi connectivity index (χ4n) is 2.08. The van der Waals surface area contributed by atoms with E-state index in [4.69, 9.17) is 10.8 Å². The number of rotatable bonds is 5. The minimum atomic E-state index is 0.0330. The summed E-state index contributed by atoms with van der Waals surface area (Å²) in [6, 6.07) is 6.90. The zero-order valence-corrected chi connectivity index (χ0v) is 11.7. The van der Waals surface area contributed by atoms with E-state index in [0.717, 1.165) is 15.7 Å². The van der Waals surface area contributed by atoms with Crippen molar-refractivity contribution in [1.29, 1.82) is 0 Å². The molecule has 0 aromatic heterocycles. The van der Waals surface area contributed by atoms with E-state index >= 15 is 0 Å². The SMILES string of the molecule is C[C@@H](N)c1ccc(N(CCO)C2CC2)cc1Br. The van der Waals surface area contributed by atoms with E-state index < -0.39 is 0 Å². The Labute approximate surface area is 111 Å². The van der Waals surface area contributed by atoms with Crippen molar-refractivity contribution in [2.75, 3.05) is 18.1 Å². The van der Waals surface area contributed by atoms with Crippen LogP contribution in [-0.2, 0) is 0 Å². The lowest BCUT2D eigenvalue weighted by atomic mass is 10.1. The van der Waals surface area contributed by atoms with Crippen molar-refractivity contribution in [2.45, 2.75) is 31.8 Å². The molecule has 1 saturated carbocycles. The first-order chi connectivity index (χ1) is 8.13. The summed E-state index contributed by atoms with van der Waals surface area (Å²) in [6.07, 6.45) is 2.46. The standard InChI is InChI=1S/C13H19BrN2O/c1-9(15)12-5-4-11(8-13(12)14)16(6-7-17)10-2-3-10/h4-5,8-10,17H,2-3,6-7,15H2,1H3/t9-/m1/s1. The van der Waals surface area contributed by atoms with Crippen LogP contribution in [0.4, 0.5) is 5.69 Å². The molecule has 4 heteroatoms. The minimum absolute atomic E-state index is 0.0330. The highest BCUT2D eigenvalue weighted by Crippen LogP contribution is 2.34. The quantitative estimate of drug-likeness (QED) is 0.878. The molecule has 0 unspecified atom stereocenters. The molecule has 1 aliphatic rings. The lowest BCUT2D eigenvalue weighted by Crippen LogP contribution is -2.28. The summed E-state index contributed by atoms with van der Waals surface area (Å²) in [4.78, 5) is 2.27. The lowest BCUT2D eigenvalue weighted by molar-refractivity contribution is 0.301. The first-order valence-electron chi connectivity index (χ1n) is 6.06. The van der Waals surface area contributed by atoms with Gasteiger partial charge < -0.3 is 15.7 Å². The molecule has 0 bridgehead atoms. The average molecular weight is 299 g/mol. The molecule has 1 aliphatic carbocycles. The van der Waals surface area contributed by atoms with Gasteiger partial charge in [0, 0.05) is 28.8 Å². The van der Waals surface area contributed by atoms with Crippen LogP contribution in [-0.4, -0.2) is 24.3 Å². The second kappa shape index (κ2) is 5.38. The van der Waals surface area contributed by atoms with Crippen LogP contribution in [0.5, 0.6) is 0 Å². The second-order valence-corrected chi connectivity index (χ2v) is 5.50. The third-order valence-corrected chi connectivity index (χ3v) is 3.82. The van der Waals surface area contributed by atoms with Gasteiger partial charge in [0.05, 0.1) is 6.61 Å². The van der Waals surface area contributed by atoms with Crippen molar-refractivity contribution in [2.24, 2.45) is 5.73 Å². The molecule has 0 saturated heterocycles. The van der Waals surface area contributed by atoms with E-state index in [1.807, 2.05) is 6.92 Å². The summed E-state index contributed by atoms with van der Waals surface area (Å²) in [7, 11) is 0. The van der Waals surface area contributed by atoms with Gasteiger partial charge >= 0.3 is 0 Å². The molecular weight excluding hydrogens is 280 g/mol. The Kier molecular flexibility index (Phi) is 4.07. The topological polar surface area (TPSA) is 49.5 Å². The van der Waals surface area contributed by atoms with Gasteiger partial charge in [-0.15, -0.1) is 0 Å². The van der Waals surface area contributed by atoms with Gasteiger partial charge in [-0.25, -0.2) is 0 Å². The Morgan fingerprint density at radius 1 is 1.53 bits per heavy atom. The highest BCUT2D eigenvalue weighted by atomic mass is 79.9. The summed E-state index contributed by atoms with van der Waals surface area (Å²) in [6.45, 7) is 2.88. The fourth-order valence-corrected chi connectivity index (χ4v) is 2.81. The molecule has 0 spiro atoms. The van der Waals surface area contributed by atoms with Crippen LogP contribution in [0.1, 0.15) is 31.4 Å². The van der Waals surface area contributed by atoms with E-state index in [9.17, 15) is 0 Å². The normalized spacial score (nSPS) is 16.9. The van der Waals surface area contributed by atoms with E-state index in [2.05, 4.69) is 39.0 Å². The zero-order valence-electron chi connectivity index (χ0n) is 10.1. The summed E-state index contributed by atoms with van der Waals surface area (Å²) < 4.78 is 1.05. The number of nitrogens with two attached hydrogens (primary N) is 1. The van der Waals surface area contributed by atoms with Crippen LogP contribution in [0, 0.1) is 0 Å². The van der Waals surface area contributed by atoms with E-state index in [1.54, 1.807) is 0 Å². The van der Waals surface area contributed by atoms with Crippen LogP contribution in [0.25, 0.3) is 0 Å². The fraction of sp³-hybridized carbons (Fsp3) is 0.538. The molecule has 0 amide bonds. The number of aliphatic hydroxyl groups is 1. The maximum atomic E-state index is 9.11. The predicted molar refractivity (Wildman–Crippen MR) is 74.2 cm³/mol. The Morgan fingerprint density at radius 3 is 2.71 bits per heavy atom. The highest BCUT2D eigenvalue weighted by Gasteiger charge is 2.29. The van der Waals surface area contributed by atoms with Crippen LogP contribution < -0.4 is 10.6 Å². The first-order valence-corrected chi connectivity index (χ1v) is 6.85. The monoisotopic (exact) mass is 298 g/mol. The number of anilines is 1. The largest absolute Gasteiger partial charge is 0.395 e. The molecular formula is C13H19BrN2O. The average Bonchev–Trinajstić information content (AvgIpc) is 3.09. The van der Waals surface area contributed by atoms with Crippen molar-refractivity contribution in [3.8, 4) is 0 Å². The smallest absolute Gasteiger partial charge is 0.0606 e. The van der Waals surface area contributed by atoms with Crippen molar-refractivity contribution in [1.82, 2.24) is 0 Å². The third kappa shape index (κ3) is 3.00. The Morgan fingerprint density at radius 2 is 2.24 bits per heavy atom. The zero-order chi connectivity index (χ0) is 12.4. The van der Waals surface area contributed by atoms with Gasteiger partial charge in [-0.1, -0.05) is 22.0 Å². The molecule has 0 heterocycles. The van der Waals surface area contributed by atoms with Crippen LogP contribution in [0.2, 0.25) is 0 Å². The Bertz CT molecular complexity index is 391. The van der Waals surface area contributed by atoms with Gasteiger partial charge in [0.25, 0.3) is 0 Å². The van der Waals surface area contributed by atoms with Gasteiger partial charge in [0.1, 0.15) is 0 Å². The highest BCUT2D eigenvalue weighted by molar-refractivity contribution is 9.10. The van der Waals surface area contributed by atoms with E-state index in [0.29, 0.717) is 12.6 Å². The number of nitrogens with zero attached hydrogens (tertiary/aromatic N) is 1. The maximum Gasteiger partial charge on any atom is 0.0606 e. The lowest BCUT2D eigenvalue weighted by Gasteiger charge is -2.24. The van der Waals surface area contributed by atoms with Gasteiger partial charge in [-0.05, 0) is 37.5 Å². The molecule has 1 fully saturated rings. The summed E-state index contributed by atoms with van der Waals surface area (Å²) in [5, 5.41) is 9.11. The number of benzene rings is 1. The molecule has 94 valence electrons. The van der Waals surface area contributed by atoms with Crippen LogP contribution >= 0.6 is 15.9 Å². The van der Waals surface area contributed by atoms with Crippen LogP contribution in [0.3, 0.4) is 0 Å². The number of aliphatic hydroxyl groups excluding tert-OH is 1. The van der Waals surface area contributed by atoms with E-state index in [-0.39, 0.29) is 12.6 Å². The number of hydrogen-bond donors (Lipinski definition) is 2. The van der Waals surface area contributed by atoms with Gasteiger partial charge in [0.15, 0.2) is 0 Å². The molecule has 3 N–H and O–H groups in total. The molecule has 0 aliphatic heterocycles. The molecule has 3 nitrogen and oxygen atoms in total. The molecule has 1 aromatic rings. The van der Waals surface area contributed by atoms with Crippen molar-refractivity contribution < 1.29 is 5.11 Å². The summed E-state index contributed by atoms with van der Waals surface area (Å²) >= 11 is 3.57. The maximum absolute atomic E-state index is 9.11. The molecule has 2 rings (SSSR count). The number of halogens is 1. The van der Waals surface area contributed by atoms with Crippen molar-refractivity contribution >= 4 is 21.6 Å². The molecule has 17 heavy (non-hydrogen) atoms. The van der Waals surface area contributed by atoms with Gasteiger partial charge in [-0.2, -0.15) is 0 Å². The second-order valence-electron chi connectivity index (χ2n) is 4.64. The third-order valence-electron chi connectivity index (χ3n) is 3.13. The first kappa shape index (κ1) is 12.9. The van der Waals surface area contributed by atoms with Gasteiger partial charge in [0.2, 0.25) is 0 Å². The van der Waals surface area contributed by atoms with Crippen LogP contribution in [0.15, 0.2) is 22.7 Å². The predicted octanol–water partition coefficient (Wildman–Crippen LogP) is 2.43. The van der Waals surface area contributed by atoms with Crippen molar-refractivity contribution in [3.63, 3.8) is 0 Å².